The van der Waals surface area contributed by atoms with Gasteiger partial charge in [0.15, 0.2) is 0 Å². The van der Waals surface area contributed by atoms with Crippen LogP contribution in [0.4, 0.5) is 0 Å². The number of rotatable bonds is 7. The number of hydrogen-bond acceptors (Lipinski definition) is 5. The lowest BCUT2D eigenvalue weighted by molar-refractivity contribution is 0.466. The molecule has 114 valence electrons. The van der Waals surface area contributed by atoms with Gasteiger partial charge in [0.1, 0.15) is 0 Å². The molecule has 21 heavy (non-hydrogen) atoms. The fourth-order valence-corrected chi connectivity index (χ4v) is 4.24. The van der Waals surface area contributed by atoms with Gasteiger partial charge in [0.05, 0.1) is 4.90 Å². The summed E-state index contributed by atoms with van der Waals surface area (Å²) in [6, 6.07) is 5.40. The summed E-state index contributed by atoms with van der Waals surface area (Å²) in [5.74, 6) is 0. The number of thiophene rings is 1. The lowest BCUT2D eigenvalue weighted by Gasteiger charge is -2.16. The Labute approximate surface area is 129 Å². The summed E-state index contributed by atoms with van der Waals surface area (Å²) < 4.78 is 26.4. The number of nitrogens with zero attached hydrogens (tertiary/aromatic N) is 2. The first-order chi connectivity index (χ1) is 10.0. The van der Waals surface area contributed by atoms with Gasteiger partial charge in [-0.1, -0.05) is 13.0 Å². The fourth-order valence-electron chi connectivity index (χ4n) is 1.85. The van der Waals surface area contributed by atoms with E-state index in [0.29, 0.717) is 18.0 Å². The van der Waals surface area contributed by atoms with Crippen molar-refractivity contribution in [2.24, 2.45) is 0 Å². The van der Waals surface area contributed by atoms with E-state index in [1.54, 1.807) is 37.0 Å². The number of hydrogen-bond donors (Lipinski definition) is 1. The van der Waals surface area contributed by atoms with Gasteiger partial charge in [-0.3, -0.25) is 4.98 Å². The van der Waals surface area contributed by atoms with Crippen LogP contribution in [0.5, 0.6) is 0 Å². The van der Waals surface area contributed by atoms with Crippen molar-refractivity contribution in [1.82, 2.24) is 14.6 Å². The lowest BCUT2D eigenvalue weighted by atomic mass is 10.3. The summed E-state index contributed by atoms with van der Waals surface area (Å²) in [5.41, 5.74) is 0.867. The molecule has 0 atom stereocenters. The molecular formula is C14H19N3O2S2. The molecule has 2 aromatic rings. The molecule has 7 heteroatoms. The van der Waals surface area contributed by atoms with E-state index >= 15 is 0 Å². The second kappa shape index (κ2) is 7.13. The van der Waals surface area contributed by atoms with Crippen LogP contribution in [0.3, 0.4) is 0 Å². The van der Waals surface area contributed by atoms with Crippen molar-refractivity contribution in [3.63, 3.8) is 0 Å². The van der Waals surface area contributed by atoms with E-state index in [1.807, 2.05) is 13.0 Å². The van der Waals surface area contributed by atoms with Gasteiger partial charge in [0.25, 0.3) is 0 Å². The monoisotopic (exact) mass is 325 g/mol. The van der Waals surface area contributed by atoms with E-state index in [4.69, 9.17) is 0 Å². The molecule has 2 rings (SSSR count). The third kappa shape index (κ3) is 4.10. The number of pyridine rings is 1. The zero-order valence-electron chi connectivity index (χ0n) is 12.1. The van der Waals surface area contributed by atoms with Gasteiger partial charge in [-0.25, -0.2) is 8.42 Å². The Morgan fingerprint density at radius 1 is 1.43 bits per heavy atom. The van der Waals surface area contributed by atoms with Crippen LogP contribution in [0.25, 0.3) is 0 Å². The van der Waals surface area contributed by atoms with Gasteiger partial charge in [0, 0.05) is 42.8 Å². The van der Waals surface area contributed by atoms with E-state index in [1.165, 1.54) is 15.6 Å². The first kappa shape index (κ1) is 16.1. The molecule has 0 spiro atoms. The molecule has 2 heterocycles. The van der Waals surface area contributed by atoms with Crippen LogP contribution in [-0.4, -0.2) is 31.3 Å². The van der Waals surface area contributed by atoms with Crippen LogP contribution in [-0.2, 0) is 23.1 Å². The average Bonchev–Trinajstić information content (AvgIpc) is 2.95. The maximum atomic E-state index is 12.5. The molecule has 1 N–H and O–H groups in total. The van der Waals surface area contributed by atoms with E-state index in [-0.39, 0.29) is 0 Å². The molecule has 0 aliphatic rings. The van der Waals surface area contributed by atoms with Crippen LogP contribution in [0, 0.1) is 0 Å². The van der Waals surface area contributed by atoms with Crippen molar-refractivity contribution in [3.05, 3.63) is 46.4 Å². The molecule has 2 aromatic heterocycles. The minimum absolute atomic E-state index is 0.314. The Bertz CT molecular complexity index is 669. The predicted octanol–water partition coefficient (Wildman–Crippen LogP) is 2.07. The van der Waals surface area contributed by atoms with Crippen molar-refractivity contribution in [1.29, 1.82) is 0 Å². The summed E-state index contributed by atoms with van der Waals surface area (Å²) in [6.45, 7) is 3.89. The van der Waals surface area contributed by atoms with Crippen LogP contribution >= 0.6 is 11.3 Å². The minimum atomic E-state index is -3.45. The Kier molecular flexibility index (Phi) is 5.46. The highest BCUT2D eigenvalue weighted by molar-refractivity contribution is 7.89. The summed E-state index contributed by atoms with van der Waals surface area (Å²) >= 11 is 1.46. The van der Waals surface area contributed by atoms with Crippen LogP contribution in [0.15, 0.2) is 40.9 Å². The van der Waals surface area contributed by atoms with E-state index in [2.05, 4.69) is 10.3 Å². The maximum absolute atomic E-state index is 12.5. The Balaban J connectivity index is 2.11. The highest BCUT2D eigenvalue weighted by atomic mass is 32.2. The molecule has 0 aromatic carbocycles. The zero-order chi connectivity index (χ0) is 15.3. The third-order valence-electron chi connectivity index (χ3n) is 3.02. The third-order valence-corrected chi connectivity index (χ3v) is 5.88. The quantitative estimate of drug-likeness (QED) is 0.846. The van der Waals surface area contributed by atoms with E-state index < -0.39 is 10.0 Å². The molecular weight excluding hydrogens is 306 g/mol. The van der Waals surface area contributed by atoms with Gasteiger partial charge in [-0.15, -0.1) is 11.3 Å². The SMILES string of the molecule is CCNCc1cc(S(=O)(=O)N(C)Cc2cccnc2)cs1. The first-order valence-corrected chi connectivity index (χ1v) is 8.99. The van der Waals surface area contributed by atoms with E-state index in [0.717, 1.165) is 17.0 Å². The Morgan fingerprint density at radius 2 is 2.24 bits per heavy atom. The number of nitrogens with one attached hydrogen (secondary N) is 1. The molecule has 0 saturated heterocycles. The normalized spacial score (nSPS) is 12.0. The topological polar surface area (TPSA) is 62.3 Å². The predicted molar refractivity (Wildman–Crippen MR) is 84.6 cm³/mol. The molecule has 0 aliphatic carbocycles. The fraction of sp³-hybridized carbons (Fsp3) is 0.357. The highest BCUT2D eigenvalue weighted by Crippen LogP contribution is 2.23. The molecule has 0 amide bonds. The van der Waals surface area contributed by atoms with Gasteiger partial charge in [0.2, 0.25) is 10.0 Å². The van der Waals surface area contributed by atoms with Crippen molar-refractivity contribution in [2.45, 2.75) is 24.9 Å². The van der Waals surface area contributed by atoms with Crippen molar-refractivity contribution in [2.75, 3.05) is 13.6 Å². The Hall–Kier alpha value is -1.28. The van der Waals surface area contributed by atoms with E-state index in [9.17, 15) is 8.42 Å². The average molecular weight is 325 g/mol. The van der Waals surface area contributed by atoms with Crippen LogP contribution in [0.1, 0.15) is 17.4 Å². The minimum Gasteiger partial charge on any atom is -0.312 e. The molecule has 0 radical (unpaired) electrons. The van der Waals surface area contributed by atoms with Crippen LogP contribution in [0.2, 0.25) is 0 Å². The summed E-state index contributed by atoms with van der Waals surface area (Å²) in [7, 11) is -1.87. The van der Waals surface area contributed by atoms with Gasteiger partial charge >= 0.3 is 0 Å². The molecule has 0 fully saturated rings. The van der Waals surface area contributed by atoms with Crippen molar-refractivity contribution >= 4 is 21.4 Å². The molecule has 0 aliphatic heterocycles. The Morgan fingerprint density at radius 3 is 2.90 bits per heavy atom. The molecule has 5 nitrogen and oxygen atoms in total. The summed E-state index contributed by atoms with van der Waals surface area (Å²) in [5, 5.41) is 4.89. The van der Waals surface area contributed by atoms with Gasteiger partial charge < -0.3 is 5.32 Å². The second-order valence-corrected chi connectivity index (χ2v) is 7.69. The largest absolute Gasteiger partial charge is 0.312 e. The summed E-state index contributed by atoms with van der Waals surface area (Å²) in [6.07, 6.45) is 3.35. The number of sulfonamides is 1. The molecule has 0 saturated carbocycles. The van der Waals surface area contributed by atoms with Crippen LogP contribution < -0.4 is 5.32 Å². The van der Waals surface area contributed by atoms with Gasteiger partial charge in [-0.2, -0.15) is 4.31 Å². The standard InChI is InChI=1S/C14H19N3O2S2/c1-3-15-9-13-7-14(11-20-13)21(18,19)17(2)10-12-5-4-6-16-8-12/h4-8,11,15H,3,9-10H2,1-2H3. The lowest BCUT2D eigenvalue weighted by Crippen LogP contribution is -2.26. The smallest absolute Gasteiger partial charge is 0.243 e. The molecule has 0 unspecified atom stereocenters. The number of aromatic nitrogens is 1. The first-order valence-electron chi connectivity index (χ1n) is 6.67. The summed E-state index contributed by atoms with van der Waals surface area (Å²) in [4.78, 5) is 5.37. The molecule has 0 bridgehead atoms. The van der Waals surface area contributed by atoms with Gasteiger partial charge in [-0.05, 0) is 24.2 Å². The maximum Gasteiger partial charge on any atom is 0.243 e. The van der Waals surface area contributed by atoms with Crippen molar-refractivity contribution in [3.8, 4) is 0 Å². The zero-order valence-corrected chi connectivity index (χ0v) is 13.7. The van der Waals surface area contributed by atoms with Crippen molar-refractivity contribution < 1.29 is 8.42 Å². The highest BCUT2D eigenvalue weighted by Gasteiger charge is 2.22. The second-order valence-electron chi connectivity index (χ2n) is 4.65.